The fourth-order valence-corrected chi connectivity index (χ4v) is 3.15. The number of imide groups is 1. The number of fused-ring (bicyclic) bond motifs is 1. The maximum absolute atomic E-state index is 13.3. The highest BCUT2D eigenvalue weighted by Gasteiger charge is 2.51. The quantitative estimate of drug-likeness (QED) is 0.753. The Morgan fingerprint density at radius 3 is 2.28 bits per heavy atom. The van der Waals surface area contributed by atoms with Crippen LogP contribution in [0.15, 0.2) is 24.3 Å². The molecule has 0 radical (unpaired) electrons. The fourth-order valence-electron chi connectivity index (χ4n) is 3.15. The van der Waals surface area contributed by atoms with E-state index in [1.165, 1.54) is 19.1 Å². The molecule has 1 aromatic rings. The van der Waals surface area contributed by atoms with Crippen molar-refractivity contribution in [1.82, 2.24) is 9.80 Å². The lowest BCUT2D eigenvalue weighted by Gasteiger charge is -2.41. The number of benzene rings is 1. The van der Waals surface area contributed by atoms with Gasteiger partial charge in [0.25, 0.3) is 11.8 Å². The molecule has 2 aliphatic heterocycles. The van der Waals surface area contributed by atoms with E-state index in [1.54, 1.807) is 12.1 Å². The van der Waals surface area contributed by atoms with Crippen LogP contribution >= 0.6 is 0 Å². The van der Waals surface area contributed by atoms with E-state index in [-0.39, 0.29) is 24.3 Å². The van der Waals surface area contributed by atoms with Crippen molar-refractivity contribution in [3.63, 3.8) is 0 Å². The molecule has 0 spiro atoms. The van der Waals surface area contributed by atoms with Crippen molar-refractivity contribution in [1.29, 1.82) is 0 Å². The SMILES string of the molecule is C[C@@H]1OCCN(C(=O)CN2C(=O)c3ccccc3C2=O)[C@@H]1C(F)(F)F. The summed E-state index contributed by atoms with van der Waals surface area (Å²) in [6.45, 7) is 0.212. The first-order valence-electron chi connectivity index (χ1n) is 7.65. The number of alkyl halides is 3. The molecule has 25 heavy (non-hydrogen) atoms. The minimum absolute atomic E-state index is 0.0401. The lowest BCUT2D eigenvalue weighted by Crippen LogP contribution is -2.61. The summed E-state index contributed by atoms with van der Waals surface area (Å²) < 4.78 is 44.8. The predicted octanol–water partition coefficient (Wildman–Crippen LogP) is 1.46. The van der Waals surface area contributed by atoms with Crippen molar-refractivity contribution in [3.8, 4) is 0 Å². The number of hydrogen-bond donors (Lipinski definition) is 0. The second-order valence-corrected chi connectivity index (χ2v) is 5.89. The largest absolute Gasteiger partial charge is 0.411 e. The molecule has 1 fully saturated rings. The molecule has 0 bridgehead atoms. The molecule has 0 saturated carbocycles. The third kappa shape index (κ3) is 2.99. The molecule has 1 saturated heterocycles. The number of hydrogen-bond acceptors (Lipinski definition) is 4. The van der Waals surface area contributed by atoms with Gasteiger partial charge in [-0.05, 0) is 19.1 Å². The zero-order chi connectivity index (χ0) is 18.4. The summed E-state index contributed by atoms with van der Waals surface area (Å²) in [6, 6.07) is 3.91. The number of rotatable bonds is 2. The molecule has 3 amide bonds. The van der Waals surface area contributed by atoms with Crippen molar-refractivity contribution in [2.24, 2.45) is 0 Å². The Balaban J connectivity index is 1.80. The predicted molar refractivity (Wildman–Crippen MR) is 78.8 cm³/mol. The minimum atomic E-state index is -4.67. The molecule has 0 aromatic heterocycles. The Bertz CT molecular complexity index is 699. The third-order valence-corrected chi connectivity index (χ3v) is 4.32. The van der Waals surface area contributed by atoms with Crippen molar-refractivity contribution in [2.75, 3.05) is 19.7 Å². The van der Waals surface area contributed by atoms with Crippen LogP contribution in [0.5, 0.6) is 0 Å². The molecule has 9 heteroatoms. The van der Waals surface area contributed by atoms with E-state index in [0.29, 0.717) is 9.80 Å². The summed E-state index contributed by atoms with van der Waals surface area (Å²) in [4.78, 5) is 38.3. The number of amides is 3. The fraction of sp³-hybridized carbons (Fsp3) is 0.438. The van der Waals surface area contributed by atoms with Gasteiger partial charge in [-0.25, -0.2) is 0 Å². The highest BCUT2D eigenvalue weighted by Crippen LogP contribution is 2.31. The van der Waals surface area contributed by atoms with E-state index in [0.717, 1.165) is 0 Å². The standard InChI is InChI=1S/C16H15F3N2O4/c1-9-13(16(17,18)19)20(6-7-25-9)12(22)8-21-14(23)10-4-2-3-5-11(10)15(21)24/h2-5,9,13H,6-8H2,1H3/t9-,13-/m0/s1. The molecule has 2 heterocycles. The van der Waals surface area contributed by atoms with Gasteiger partial charge in [0.15, 0.2) is 6.04 Å². The number of carbonyl (C=O) groups is 3. The van der Waals surface area contributed by atoms with Crippen LogP contribution in [0.2, 0.25) is 0 Å². The number of morpholine rings is 1. The van der Waals surface area contributed by atoms with E-state index in [9.17, 15) is 27.6 Å². The molecule has 0 N–H and O–H groups in total. The first-order valence-corrected chi connectivity index (χ1v) is 7.65. The monoisotopic (exact) mass is 356 g/mol. The van der Waals surface area contributed by atoms with Crippen LogP contribution in [-0.4, -0.2) is 65.5 Å². The average molecular weight is 356 g/mol. The van der Waals surface area contributed by atoms with Crippen LogP contribution < -0.4 is 0 Å². The summed E-state index contributed by atoms with van der Waals surface area (Å²) in [7, 11) is 0. The number of nitrogens with zero attached hydrogens (tertiary/aromatic N) is 2. The summed E-state index contributed by atoms with van der Waals surface area (Å²) in [5, 5.41) is 0. The van der Waals surface area contributed by atoms with Crippen LogP contribution in [0.25, 0.3) is 0 Å². The van der Waals surface area contributed by atoms with Crippen LogP contribution in [-0.2, 0) is 9.53 Å². The molecule has 6 nitrogen and oxygen atoms in total. The second-order valence-electron chi connectivity index (χ2n) is 5.89. The zero-order valence-corrected chi connectivity index (χ0v) is 13.2. The molecular formula is C16H15F3N2O4. The molecule has 2 atom stereocenters. The lowest BCUT2D eigenvalue weighted by molar-refractivity contribution is -0.230. The topological polar surface area (TPSA) is 66.9 Å². The van der Waals surface area contributed by atoms with Gasteiger partial charge >= 0.3 is 6.18 Å². The zero-order valence-electron chi connectivity index (χ0n) is 13.2. The van der Waals surface area contributed by atoms with Crippen molar-refractivity contribution in [2.45, 2.75) is 25.2 Å². The van der Waals surface area contributed by atoms with E-state index in [1.807, 2.05) is 0 Å². The highest BCUT2D eigenvalue weighted by atomic mass is 19.4. The van der Waals surface area contributed by atoms with Crippen LogP contribution in [0.4, 0.5) is 13.2 Å². The van der Waals surface area contributed by atoms with Gasteiger partial charge in [-0.1, -0.05) is 12.1 Å². The normalized spacial score (nSPS) is 23.8. The Labute approximate surface area is 141 Å². The van der Waals surface area contributed by atoms with Gasteiger partial charge in [0, 0.05) is 6.54 Å². The maximum atomic E-state index is 13.3. The molecule has 1 aromatic carbocycles. The van der Waals surface area contributed by atoms with Gasteiger partial charge < -0.3 is 9.64 Å². The smallest absolute Gasteiger partial charge is 0.374 e. The average Bonchev–Trinajstić information content (AvgIpc) is 2.79. The Morgan fingerprint density at radius 1 is 1.20 bits per heavy atom. The molecule has 134 valence electrons. The number of halogens is 3. The van der Waals surface area contributed by atoms with Gasteiger partial charge in [0.1, 0.15) is 6.54 Å². The molecule has 0 unspecified atom stereocenters. The summed E-state index contributed by atoms with van der Waals surface area (Å²) in [5.41, 5.74) is 0.283. The first kappa shape index (κ1) is 17.4. The van der Waals surface area contributed by atoms with E-state index in [2.05, 4.69) is 0 Å². The molecule has 3 rings (SSSR count). The van der Waals surface area contributed by atoms with Crippen LogP contribution in [0.3, 0.4) is 0 Å². The maximum Gasteiger partial charge on any atom is 0.411 e. The van der Waals surface area contributed by atoms with Crippen molar-refractivity contribution in [3.05, 3.63) is 35.4 Å². The summed E-state index contributed by atoms with van der Waals surface area (Å²) in [5.74, 6) is -2.30. The van der Waals surface area contributed by atoms with E-state index < -0.39 is 42.6 Å². The van der Waals surface area contributed by atoms with Gasteiger partial charge in [-0.15, -0.1) is 0 Å². The molecule has 2 aliphatic rings. The van der Waals surface area contributed by atoms with E-state index >= 15 is 0 Å². The van der Waals surface area contributed by atoms with Crippen LogP contribution in [0, 0.1) is 0 Å². The number of carbonyl (C=O) groups excluding carboxylic acids is 3. The number of ether oxygens (including phenoxy) is 1. The lowest BCUT2D eigenvalue weighted by atomic mass is 10.1. The van der Waals surface area contributed by atoms with Crippen molar-refractivity contribution >= 4 is 17.7 Å². The molecule has 0 aliphatic carbocycles. The van der Waals surface area contributed by atoms with Crippen LogP contribution in [0.1, 0.15) is 27.6 Å². The molecular weight excluding hydrogens is 341 g/mol. The Morgan fingerprint density at radius 2 is 1.76 bits per heavy atom. The first-order chi connectivity index (χ1) is 11.7. The second kappa shape index (κ2) is 6.14. The highest BCUT2D eigenvalue weighted by molar-refractivity contribution is 6.22. The Kier molecular flexibility index (Phi) is 4.28. The van der Waals surface area contributed by atoms with Gasteiger partial charge in [-0.2, -0.15) is 13.2 Å². The van der Waals surface area contributed by atoms with E-state index in [4.69, 9.17) is 4.74 Å². The van der Waals surface area contributed by atoms with Crippen molar-refractivity contribution < 1.29 is 32.3 Å². The van der Waals surface area contributed by atoms with Gasteiger partial charge in [0.05, 0.1) is 23.8 Å². The third-order valence-electron chi connectivity index (χ3n) is 4.32. The van der Waals surface area contributed by atoms with Gasteiger partial charge in [0.2, 0.25) is 5.91 Å². The summed E-state index contributed by atoms with van der Waals surface area (Å²) >= 11 is 0. The summed E-state index contributed by atoms with van der Waals surface area (Å²) in [6.07, 6.45) is -5.89. The Hall–Kier alpha value is -2.42. The van der Waals surface area contributed by atoms with Gasteiger partial charge in [-0.3, -0.25) is 19.3 Å². The minimum Gasteiger partial charge on any atom is -0.374 e.